The van der Waals surface area contributed by atoms with Gasteiger partial charge in [-0.15, -0.1) is 0 Å². The average Bonchev–Trinajstić information content (AvgIpc) is 2.32. The minimum Gasteiger partial charge on any atom is -0.481 e. The van der Waals surface area contributed by atoms with E-state index < -0.39 is 27.3 Å². The minimum atomic E-state index is -3.26. The predicted molar refractivity (Wildman–Crippen MR) is 78.9 cm³/mol. The molecule has 0 aromatic carbocycles. The van der Waals surface area contributed by atoms with Crippen molar-refractivity contribution in [3.8, 4) is 0 Å². The summed E-state index contributed by atoms with van der Waals surface area (Å²) in [6, 6.07) is -0.164. The van der Waals surface area contributed by atoms with Crippen LogP contribution >= 0.6 is 0 Å². The van der Waals surface area contributed by atoms with Crippen molar-refractivity contribution in [2.45, 2.75) is 59.4 Å². The van der Waals surface area contributed by atoms with Gasteiger partial charge in [-0.2, -0.15) is 0 Å². The Balaban J connectivity index is 2.78. The van der Waals surface area contributed by atoms with Gasteiger partial charge in [0.15, 0.2) is 0 Å². The molecule has 1 fully saturated rings. The molecule has 1 aliphatic rings. The van der Waals surface area contributed by atoms with Gasteiger partial charge in [0.05, 0.1) is 11.7 Å². The maximum atomic E-state index is 12.0. The fraction of sp³-hybridized carbons (Fsp3) is 0.929. The minimum absolute atomic E-state index is 0.00579. The highest BCUT2D eigenvalue weighted by Gasteiger charge is 2.46. The first-order chi connectivity index (χ1) is 9.12. The second-order valence-electron chi connectivity index (χ2n) is 6.47. The summed E-state index contributed by atoms with van der Waals surface area (Å²) < 4.78 is 26.8. The molecule has 3 unspecified atom stereocenters. The maximum absolute atomic E-state index is 12.0. The molecule has 118 valence electrons. The molecule has 6 heteroatoms. The first-order valence-corrected chi connectivity index (χ1v) is 9.00. The molecule has 1 aliphatic carbocycles. The molecule has 0 heterocycles. The van der Waals surface area contributed by atoms with E-state index in [0.717, 1.165) is 6.42 Å². The number of nitrogens with one attached hydrogen (secondary N) is 1. The highest BCUT2D eigenvalue weighted by molar-refractivity contribution is 7.89. The molecule has 0 aromatic rings. The summed E-state index contributed by atoms with van der Waals surface area (Å²) in [6.07, 6.45) is 2.60. The molecular formula is C14H27NO4S. The molecule has 20 heavy (non-hydrogen) atoms. The number of rotatable bonds is 6. The number of hydrogen-bond acceptors (Lipinski definition) is 3. The zero-order valence-electron chi connectivity index (χ0n) is 12.8. The maximum Gasteiger partial charge on any atom is 0.307 e. The Morgan fingerprint density at radius 3 is 2.45 bits per heavy atom. The molecule has 0 amide bonds. The SMILES string of the molecule is CCCCS(=O)(=O)NC1CCC(C(=O)O)C(C)(C)C1C. The second kappa shape index (κ2) is 6.43. The van der Waals surface area contributed by atoms with Crippen LogP contribution in [-0.4, -0.2) is 31.3 Å². The van der Waals surface area contributed by atoms with E-state index >= 15 is 0 Å². The van der Waals surface area contributed by atoms with E-state index in [1.807, 2.05) is 27.7 Å². The number of hydrogen-bond donors (Lipinski definition) is 2. The third-order valence-corrected chi connectivity index (χ3v) is 6.33. The molecule has 0 saturated heterocycles. The molecule has 1 saturated carbocycles. The van der Waals surface area contributed by atoms with Crippen molar-refractivity contribution in [2.75, 3.05) is 5.75 Å². The van der Waals surface area contributed by atoms with Crippen LogP contribution in [0.1, 0.15) is 53.4 Å². The van der Waals surface area contributed by atoms with E-state index in [2.05, 4.69) is 4.72 Å². The Kier molecular flexibility index (Phi) is 5.61. The smallest absolute Gasteiger partial charge is 0.307 e. The lowest BCUT2D eigenvalue weighted by Crippen LogP contribution is -2.52. The van der Waals surface area contributed by atoms with Crippen molar-refractivity contribution in [3.63, 3.8) is 0 Å². The van der Waals surface area contributed by atoms with Crippen molar-refractivity contribution in [1.82, 2.24) is 4.72 Å². The van der Waals surface area contributed by atoms with Crippen LogP contribution in [0.3, 0.4) is 0 Å². The number of sulfonamides is 1. The number of unbranched alkanes of at least 4 members (excludes halogenated alkanes) is 1. The molecule has 1 rings (SSSR count). The van der Waals surface area contributed by atoms with Crippen molar-refractivity contribution >= 4 is 16.0 Å². The first-order valence-electron chi connectivity index (χ1n) is 7.34. The molecule has 0 aromatic heterocycles. The van der Waals surface area contributed by atoms with Gasteiger partial charge in [-0.25, -0.2) is 13.1 Å². The monoisotopic (exact) mass is 305 g/mol. The van der Waals surface area contributed by atoms with E-state index in [9.17, 15) is 18.3 Å². The first kappa shape index (κ1) is 17.4. The van der Waals surface area contributed by atoms with Crippen LogP contribution in [0.5, 0.6) is 0 Å². The second-order valence-corrected chi connectivity index (χ2v) is 8.35. The lowest BCUT2D eigenvalue weighted by molar-refractivity contribution is -0.150. The van der Waals surface area contributed by atoms with Crippen LogP contribution in [0.4, 0.5) is 0 Å². The van der Waals surface area contributed by atoms with Gasteiger partial charge in [-0.1, -0.05) is 34.1 Å². The molecule has 0 aliphatic heterocycles. The van der Waals surface area contributed by atoms with Crippen LogP contribution in [0.15, 0.2) is 0 Å². The van der Waals surface area contributed by atoms with Crippen LogP contribution in [0.25, 0.3) is 0 Å². The van der Waals surface area contributed by atoms with Gasteiger partial charge < -0.3 is 5.11 Å². The van der Waals surface area contributed by atoms with Gasteiger partial charge >= 0.3 is 5.97 Å². The van der Waals surface area contributed by atoms with E-state index in [1.54, 1.807) is 0 Å². The molecular weight excluding hydrogens is 278 g/mol. The average molecular weight is 305 g/mol. The summed E-state index contributed by atoms with van der Waals surface area (Å²) in [6.45, 7) is 7.74. The standard InChI is InChI=1S/C14H27NO4S/c1-5-6-9-20(18,19)15-12-8-7-11(13(16)17)14(3,4)10(12)2/h10-12,15H,5-9H2,1-4H3,(H,16,17). The number of carboxylic acids is 1. The topological polar surface area (TPSA) is 83.5 Å². The van der Waals surface area contributed by atoms with Crippen molar-refractivity contribution < 1.29 is 18.3 Å². The Hall–Kier alpha value is -0.620. The Bertz CT molecular complexity index is 444. The summed E-state index contributed by atoms with van der Waals surface area (Å²) in [5.74, 6) is -1.05. The van der Waals surface area contributed by atoms with Crippen LogP contribution in [-0.2, 0) is 14.8 Å². The summed E-state index contributed by atoms with van der Waals surface area (Å²) >= 11 is 0. The molecule has 5 nitrogen and oxygen atoms in total. The molecule has 0 spiro atoms. The summed E-state index contributed by atoms with van der Waals surface area (Å²) in [7, 11) is -3.26. The van der Waals surface area contributed by atoms with E-state index in [4.69, 9.17) is 0 Å². The molecule has 0 radical (unpaired) electrons. The highest BCUT2D eigenvalue weighted by Crippen LogP contribution is 2.45. The third-order valence-electron chi connectivity index (χ3n) is 4.84. The fourth-order valence-electron chi connectivity index (χ4n) is 3.03. The normalized spacial score (nSPS) is 30.1. The van der Waals surface area contributed by atoms with Gasteiger partial charge in [0.1, 0.15) is 0 Å². The van der Waals surface area contributed by atoms with E-state index in [0.29, 0.717) is 19.3 Å². The zero-order valence-corrected chi connectivity index (χ0v) is 13.7. The van der Waals surface area contributed by atoms with Gasteiger partial charge in [0.2, 0.25) is 10.0 Å². The zero-order chi connectivity index (χ0) is 15.6. The van der Waals surface area contributed by atoms with Crippen molar-refractivity contribution in [1.29, 1.82) is 0 Å². The summed E-state index contributed by atoms with van der Waals surface area (Å²) in [5.41, 5.74) is -0.415. The van der Waals surface area contributed by atoms with Crippen LogP contribution < -0.4 is 4.72 Å². The third kappa shape index (κ3) is 3.95. The van der Waals surface area contributed by atoms with Crippen molar-refractivity contribution in [3.05, 3.63) is 0 Å². The number of aliphatic carboxylic acids is 1. The summed E-state index contributed by atoms with van der Waals surface area (Å²) in [5, 5.41) is 9.29. The molecule has 0 bridgehead atoms. The predicted octanol–water partition coefficient (Wildman–Crippen LogP) is 2.23. The number of carbonyl (C=O) groups is 1. The van der Waals surface area contributed by atoms with Gasteiger partial charge in [-0.05, 0) is 30.6 Å². The molecule has 2 N–H and O–H groups in total. The van der Waals surface area contributed by atoms with Gasteiger partial charge in [0.25, 0.3) is 0 Å². The Morgan fingerprint density at radius 1 is 1.35 bits per heavy atom. The number of carboxylic acid groups (broad SMARTS) is 1. The lowest BCUT2D eigenvalue weighted by Gasteiger charge is -2.46. The Labute approximate surface area is 122 Å². The quantitative estimate of drug-likeness (QED) is 0.788. The van der Waals surface area contributed by atoms with Crippen LogP contribution in [0, 0.1) is 17.3 Å². The molecule has 3 atom stereocenters. The lowest BCUT2D eigenvalue weighted by atomic mass is 9.61. The van der Waals surface area contributed by atoms with Gasteiger partial charge in [0, 0.05) is 6.04 Å². The Morgan fingerprint density at radius 2 is 1.95 bits per heavy atom. The van der Waals surface area contributed by atoms with Gasteiger partial charge in [-0.3, -0.25) is 4.79 Å². The van der Waals surface area contributed by atoms with E-state index in [1.165, 1.54) is 0 Å². The highest BCUT2D eigenvalue weighted by atomic mass is 32.2. The largest absolute Gasteiger partial charge is 0.481 e. The summed E-state index contributed by atoms with van der Waals surface area (Å²) in [4.78, 5) is 11.3. The van der Waals surface area contributed by atoms with Crippen LogP contribution in [0.2, 0.25) is 0 Å². The fourth-order valence-corrected chi connectivity index (χ4v) is 4.60. The van der Waals surface area contributed by atoms with Crippen molar-refractivity contribution in [2.24, 2.45) is 17.3 Å². The van der Waals surface area contributed by atoms with E-state index in [-0.39, 0.29) is 17.7 Å².